The first kappa shape index (κ1) is 23.1. The molecule has 0 radical (unpaired) electrons. The number of benzene rings is 2. The molecule has 1 fully saturated rings. The van der Waals surface area contributed by atoms with E-state index in [-0.39, 0.29) is 30.2 Å². The summed E-state index contributed by atoms with van der Waals surface area (Å²) >= 11 is 7.57. The minimum absolute atomic E-state index is 0.0143. The van der Waals surface area contributed by atoms with Gasteiger partial charge < -0.3 is 15.7 Å². The summed E-state index contributed by atoms with van der Waals surface area (Å²) in [5.74, 6) is 0.0165. The normalized spacial score (nSPS) is 13.3. The van der Waals surface area contributed by atoms with Gasteiger partial charge >= 0.3 is 6.03 Å². The van der Waals surface area contributed by atoms with Crippen molar-refractivity contribution in [2.45, 2.75) is 31.7 Å². The van der Waals surface area contributed by atoms with Crippen LogP contribution in [0.1, 0.15) is 46.1 Å². The van der Waals surface area contributed by atoms with Gasteiger partial charge in [0.25, 0.3) is 5.91 Å². The molecule has 0 unspecified atom stereocenters. The number of phenolic OH excluding ortho intramolecular Hbond substituents is 1. The highest BCUT2D eigenvalue weighted by molar-refractivity contribution is 7.12. The van der Waals surface area contributed by atoms with Gasteiger partial charge in [-0.05, 0) is 60.2 Å². The summed E-state index contributed by atoms with van der Waals surface area (Å²) in [6, 6.07) is 17.2. The summed E-state index contributed by atoms with van der Waals surface area (Å²) < 4.78 is 1.38. The third-order valence-corrected chi connectivity index (χ3v) is 7.35. The summed E-state index contributed by atoms with van der Waals surface area (Å²) in [5.41, 5.74) is 3.04. The van der Waals surface area contributed by atoms with Crippen LogP contribution < -0.4 is 10.6 Å². The van der Waals surface area contributed by atoms with Crippen molar-refractivity contribution in [1.29, 1.82) is 0 Å². The Morgan fingerprint density at radius 3 is 2.66 bits per heavy atom. The second-order valence-corrected chi connectivity index (χ2v) is 9.76. The number of nitrogens with one attached hydrogen (secondary N) is 2. The quantitative estimate of drug-likeness (QED) is 0.269. The Morgan fingerprint density at radius 2 is 1.94 bits per heavy atom. The molecule has 1 aliphatic rings. The van der Waals surface area contributed by atoms with Crippen LogP contribution in [-0.4, -0.2) is 26.8 Å². The van der Waals surface area contributed by atoms with Gasteiger partial charge in [-0.2, -0.15) is 9.78 Å². The number of carbonyl (C=O) groups is 2. The van der Waals surface area contributed by atoms with Crippen LogP contribution in [0.25, 0.3) is 11.3 Å². The van der Waals surface area contributed by atoms with Crippen molar-refractivity contribution in [3.63, 3.8) is 0 Å². The molecule has 0 spiro atoms. The van der Waals surface area contributed by atoms with E-state index in [9.17, 15) is 14.7 Å². The number of hydrogen-bond acceptors (Lipinski definition) is 5. The first-order valence-electron chi connectivity index (χ1n) is 11.3. The predicted octanol–water partition coefficient (Wildman–Crippen LogP) is 6.25. The highest BCUT2D eigenvalue weighted by atomic mass is 35.5. The Balaban J connectivity index is 1.41. The first-order valence-corrected chi connectivity index (χ1v) is 12.5. The molecule has 4 aromatic rings. The zero-order chi connectivity index (χ0) is 24.4. The molecule has 35 heavy (non-hydrogen) atoms. The number of anilines is 1. The topological polar surface area (TPSA) is 96.2 Å². The smallest absolute Gasteiger partial charge is 0.342 e. The van der Waals surface area contributed by atoms with E-state index in [2.05, 4.69) is 15.7 Å². The van der Waals surface area contributed by atoms with Crippen LogP contribution in [0, 0.1) is 0 Å². The summed E-state index contributed by atoms with van der Waals surface area (Å²) in [6.45, 7) is 0.271. The number of nitrogens with zero attached hydrogens (tertiary/aromatic N) is 2. The van der Waals surface area contributed by atoms with Gasteiger partial charge in [-0.1, -0.05) is 42.3 Å². The zero-order valence-corrected chi connectivity index (χ0v) is 20.3. The van der Waals surface area contributed by atoms with E-state index in [1.807, 2.05) is 35.7 Å². The van der Waals surface area contributed by atoms with Crippen LogP contribution >= 0.6 is 22.9 Å². The van der Waals surface area contributed by atoms with Gasteiger partial charge in [0.2, 0.25) is 0 Å². The fraction of sp³-hybridized carbons (Fsp3) is 0.192. The van der Waals surface area contributed by atoms with Gasteiger partial charge in [-0.15, -0.1) is 11.3 Å². The molecule has 5 rings (SSSR count). The number of carbonyl (C=O) groups excluding carboxylic acids is 2. The molecule has 178 valence electrons. The van der Waals surface area contributed by atoms with Gasteiger partial charge in [0.1, 0.15) is 5.75 Å². The van der Waals surface area contributed by atoms with Crippen LogP contribution in [0.15, 0.2) is 66.0 Å². The molecule has 0 saturated heterocycles. The van der Waals surface area contributed by atoms with Crippen LogP contribution in [0.3, 0.4) is 0 Å². The lowest BCUT2D eigenvalue weighted by molar-refractivity contribution is 0.103. The molecule has 2 amide bonds. The highest BCUT2D eigenvalue weighted by Gasteiger charge is 2.27. The molecule has 0 aliphatic heterocycles. The Labute approximate surface area is 211 Å². The Morgan fingerprint density at radius 1 is 1.11 bits per heavy atom. The number of aromatic nitrogens is 2. The zero-order valence-electron chi connectivity index (χ0n) is 18.7. The second-order valence-electron chi connectivity index (χ2n) is 8.41. The summed E-state index contributed by atoms with van der Waals surface area (Å²) in [4.78, 5) is 26.1. The largest absolute Gasteiger partial charge is 0.507 e. The maximum Gasteiger partial charge on any atom is 0.342 e. The maximum atomic E-state index is 13.1. The first-order chi connectivity index (χ1) is 17.0. The molecule has 3 N–H and O–H groups in total. The van der Waals surface area contributed by atoms with Crippen molar-refractivity contribution < 1.29 is 14.7 Å². The van der Waals surface area contributed by atoms with Crippen molar-refractivity contribution in [1.82, 2.24) is 15.1 Å². The molecule has 9 heteroatoms. The monoisotopic (exact) mass is 506 g/mol. The van der Waals surface area contributed by atoms with Gasteiger partial charge in [0.15, 0.2) is 0 Å². The molecular formula is C26H23ClN4O3S. The maximum absolute atomic E-state index is 13.1. The molecule has 2 aromatic carbocycles. The number of hydrogen-bond donors (Lipinski definition) is 3. The average molecular weight is 507 g/mol. The molecular weight excluding hydrogens is 484 g/mol. The van der Waals surface area contributed by atoms with Gasteiger partial charge in [-0.25, -0.2) is 4.79 Å². The second kappa shape index (κ2) is 9.93. The van der Waals surface area contributed by atoms with E-state index < -0.39 is 0 Å². The van der Waals surface area contributed by atoms with Crippen LogP contribution in [0.2, 0.25) is 5.02 Å². The Hall–Kier alpha value is -3.62. The molecule has 0 bridgehead atoms. The lowest BCUT2D eigenvalue weighted by Gasteiger charge is -2.25. The summed E-state index contributed by atoms with van der Waals surface area (Å²) in [7, 11) is 0. The van der Waals surface area contributed by atoms with Gasteiger partial charge in [-0.3, -0.25) is 4.79 Å². The number of halogens is 1. The minimum Gasteiger partial charge on any atom is -0.507 e. The standard InChI is InChI=1S/C26H23ClN4O3S/c27-20-8-2-1-5-17(20)15-28-26(34)31-22(16-6-3-7-16)14-21(30-31)19-13-18(10-11-23(19)32)29-25(33)24-9-4-12-35-24/h1-2,4-5,8-14,16,32H,3,6-7,15H2,(H,28,34)(H,29,33). The van der Waals surface area contributed by atoms with Gasteiger partial charge in [0, 0.05) is 28.7 Å². The van der Waals surface area contributed by atoms with E-state index in [0.717, 1.165) is 30.5 Å². The van der Waals surface area contributed by atoms with Crippen molar-refractivity contribution >= 4 is 40.6 Å². The number of aromatic hydroxyl groups is 1. The fourth-order valence-corrected chi connectivity index (χ4v) is 4.81. The van der Waals surface area contributed by atoms with Crippen LogP contribution in [0.4, 0.5) is 10.5 Å². The summed E-state index contributed by atoms with van der Waals surface area (Å²) in [6.07, 6.45) is 3.06. The molecule has 0 atom stereocenters. The van der Waals surface area contributed by atoms with E-state index in [0.29, 0.717) is 26.8 Å². The van der Waals surface area contributed by atoms with Crippen LogP contribution in [-0.2, 0) is 6.54 Å². The van der Waals surface area contributed by atoms with Crippen molar-refractivity contribution in [3.8, 4) is 17.0 Å². The number of thiophene rings is 1. The van der Waals surface area contributed by atoms with Crippen molar-refractivity contribution in [3.05, 3.63) is 87.2 Å². The van der Waals surface area contributed by atoms with Crippen LogP contribution in [0.5, 0.6) is 5.75 Å². The third kappa shape index (κ3) is 4.94. The molecule has 1 aliphatic carbocycles. The lowest BCUT2D eigenvalue weighted by atomic mass is 9.82. The van der Waals surface area contributed by atoms with E-state index in [1.54, 1.807) is 24.3 Å². The van der Waals surface area contributed by atoms with E-state index in [1.165, 1.54) is 22.1 Å². The number of phenols is 1. The van der Waals surface area contributed by atoms with Gasteiger partial charge in [0.05, 0.1) is 16.3 Å². The van der Waals surface area contributed by atoms with E-state index in [4.69, 9.17) is 11.6 Å². The molecule has 2 aromatic heterocycles. The molecule has 2 heterocycles. The SMILES string of the molecule is O=C(Nc1ccc(O)c(-c2cc(C3CCC3)n(C(=O)NCc3ccccc3Cl)n2)c1)c1cccs1. The fourth-order valence-electron chi connectivity index (χ4n) is 3.99. The van der Waals surface area contributed by atoms with Crippen molar-refractivity contribution in [2.24, 2.45) is 0 Å². The summed E-state index contributed by atoms with van der Waals surface area (Å²) in [5, 5.41) is 23.3. The highest BCUT2D eigenvalue weighted by Crippen LogP contribution is 2.39. The Kier molecular flexibility index (Phi) is 6.57. The van der Waals surface area contributed by atoms with Crippen molar-refractivity contribution in [2.75, 3.05) is 5.32 Å². The molecule has 1 saturated carbocycles. The Bertz CT molecular complexity index is 1380. The molecule has 7 nitrogen and oxygen atoms in total. The number of rotatable bonds is 6. The minimum atomic E-state index is -0.361. The predicted molar refractivity (Wildman–Crippen MR) is 137 cm³/mol. The number of amides is 2. The van der Waals surface area contributed by atoms with E-state index >= 15 is 0 Å². The lowest BCUT2D eigenvalue weighted by Crippen LogP contribution is -2.31. The average Bonchev–Trinajstić information content (AvgIpc) is 3.49. The third-order valence-electron chi connectivity index (χ3n) is 6.12.